The van der Waals surface area contributed by atoms with Gasteiger partial charge in [0.15, 0.2) is 0 Å². The van der Waals surface area contributed by atoms with E-state index >= 15 is 0 Å². The summed E-state index contributed by atoms with van der Waals surface area (Å²) in [5.74, 6) is -1.23. The standard InChI is InChI=1S/C17H19N3O4/c1-2-20-10-14(9-18-20)15-11-19(6-7-24-15)16(21)12-4-3-5-13(8-12)17(22)23/h3-5,8-10,15H,2,6-7,11H2,1H3,(H,22,23). The molecule has 0 saturated carbocycles. The first kappa shape index (κ1) is 16.2. The third-order valence-corrected chi connectivity index (χ3v) is 4.06. The van der Waals surface area contributed by atoms with E-state index in [1.165, 1.54) is 12.1 Å². The van der Waals surface area contributed by atoms with Gasteiger partial charge in [-0.05, 0) is 25.1 Å². The van der Waals surface area contributed by atoms with E-state index in [0.29, 0.717) is 25.3 Å². The van der Waals surface area contributed by atoms with Crippen LogP contribution in [0.4, 0.5) is 0 Å². The van der Waals surface area contributed by atoms with Crippen LogP contribution < -0.4 is 0 Å². The smallest absolute Gasteiger partial charge is 0.335 e. The number of aromatic nitrogens is 2. The Bertz CT molecular complexity index is 756. The number of carboxylic acid groups (broad SMARTS) is 1. The summed E-state index contributed by atoms with van der Waals surface area (Å²) < 4.78 is 7.57. The van der Waals surface area contributed by atoms with Crippen LogP contribution in [-0.4, -0.2) is 51.4 Å². The molecule has 24 heavy (non-hydrogen) atoms. The van der Waals surface area contributed by atoms with E-state index in [0.717, 1.165) is 12.1 Å². The van der Waals surface area contributed by atoms with Crippen LogP contribution in [0.2, 0.25) is 0 Å². The summed E-state index contributed by atoms with van der Waals surface area (Å²) in [6, 6.07) is 6.10. The summed E-state index contributed by atoms with van der Waals surface area (Å²) in [5, 5.41) is 13.3. The van der Waals surface area contributed by atoms with Crippen LogP contribution >= 0.6 is 0 Å². The van der Waals surface area contributed by atoms with Gasteiger partial charge in [0.05, 0.1) is 24.9 Å². The number of carbonyl (C=O) groups is 2. The van der Waals surface area contributed by atoms with E-state index in [-0.39, 0.29) is 17.6 Å². The number of carboxylic acids is 1. The van der Waals surface area contributed by atoms with E-state index < -0.39 is 5.97 Å². The second kappa shape index (κ2) is 6.84. The lowest BCUT2D eigenvalue weighted by atomic mass is 10.1. The molecule has 1 aliphatic rings. The molecular weight excluding hydrogens is 310 g/mol. The Labute approximate surface area is 139 Å². The monoisotopic (exact) mass is 329 g/mol. The summed E-state index contributed by atoms with van der Waals surface area (Å²) in [5.41, 5.74) is 1.42. The number of hydrogen-bond donors (Lipinski definition) is 1. The van der Waals surface area contributed by atoms with Crippen molar-refractivity contribution < 1.29 is 19.4 Å². The Balaban J connectivity index is 1.75. The lowest BCUT2D eigenvalue weighted by Gasteiger charge is -2.32. The summed E-state index contributed by atoms with van der Waals surface area (Å²) in [6.45, 7) is 4.12. The van der Waals surface area contributed by atoms with Gasteiger partial charge in [-0.1, -0.05) is 6.07 Å². The van der Waals surface area contributed by atoms with Crippen molar-refractivity contribution in [3.05, 3.63) is 53.3 Å². The lowest BCUT2D eigenvalue weighted by Crippen LogP contribution is -2.42. The molecule has 1 amide bonds. The zero-order valence-corrected chi connectivity index (χ0v) is 13.4. The molecule has 7 heteroatoms. The maximum atomic E-state index is 12.7. The molecule has 0 bridgehead atoms. The number of benzene rings is 1. The van der Waals surface area contributed by atoms with Crippen LogP contribution in [0.1, 0.15) is 39.3 Å². The molecule has 1 saturated heterocycles. The summed E-state index contributed by atoms with van der Waals surface area (Å²) in [7, 11) is 0. The van der Waals surface area contributed by atoms with Gasteiger partial charge in [-0.3, -0.25) is 9.48 Å². The van der Waals surface area contributed by atoms with Gasteiger partial charge >= 0.3 is 5.97 Å². The van der Waals surface area contributed by atoms with E-state index in [4.69, 9.17) is 9.84 Å². The van der Waals surface area contributed by atoms with Crippen LogP contribution in [0.5, 0.6) is 0 Å². The number of ether oxygens (including phenoxy) is 1. The van der Waals surface area contributed by atoms with Crippen LogP contribution in [-0.2, 0) is 11.3 Å². The predicted octanol–water partition coefficient (Wildman–Crippen LogP) is 1.81. The molecular formula is C17H19N3O4. The van der Waals surface area contributed by atoms with E-state index in [1.807, 2.05) is 17.8 Å². The molecule has 1 aliphatic heterocycles. The fourth-order valence-corrected chi connectivity index (χ4v) is 2.72. The SMILES string of the molecule is CCn1cc(C2CN(C(=O)c3cccc(C(=O)O)c3)CCO2)cn1. The molecule has 0 spiro atoms. The van der Waals surface area contributed by atoms with Crippen molar-refractivity contribution in [3.63, 3.8) is 0 Å². The molecule has 126 valence electrons. The first-order chi connectivity index (χ1) is 11.6. The lowest BCUT2D eigenvalue weighted by molar-refractivity contribution is -0.0228. The number of morpholine rings is 1. The van der Waals surface area contributed by atoms with Crippen molar-refractivity contribution in [2.24, 2.45) is 0 Å². The number of aryl methyl sites for hydroxylation is 1. The molecule has 1 atom stereocenters. The molecule has 7 nitrogen and oxygen atoms in total. The molecule has 1 N–H and O–H groups in total. The Hall–Kier alpha value is -2.67. The van der Waals surface area contributed by atoms with Crippen molar-refractivity contribution in [2.75, 3.05) is 19.7 Å². The average molecular weight is 329 g/mol. The molecule has 3 rings (SSSR count). The minimum atomic E-state index is -1.04. The molecule has 0 aliphatic carbocycles. The van der Waals surface area contributed by atoms with Gasteiger partial charge < -0.3 is 14.7 Å². The Morgan fingerprint density at radius 2 is 2.17 bits per heavy atom. The number of amides is 1. The van der Waals surface area contributed by atoms with Crippen LogP contribution in [0, 0.1) is 0 Å². The van der Waals surface area contributed by atoms with E-state index in [2.05, 4.69) is 5.10 Å². The number of rotatable bonds is 4. The minimum absolute atomic E-state index is 0.106. The summed E-state index contributed by atoms with van der Waals surface area (Å²) in [4.78, 5) is 25.4. The van der Waals surface area contributed by atoms with Gasteiger partial charge in [0.1, 0.15) is 6.10 Å². The zero-order chi connectivity index (χ0) is 17.1. The third-order valence-electron chi connectivity index (χ3n) is 4.06. The van der Waals surface area contributed by atoms with E-state index in [9.17, 15) is 9.59 Å². The molecule has 1 fully saturated rings. The molecule has 2 aromatic rings. The van der Waals surface area contributed by atoms with Crippen LogP contribution in [0.3, 0.4) is 0 Å². The molecule has 2 heterocycles. The van der Waals surface area contributed by atoms with Gasteiger partial charge in [-0.15, -0.1) is 0 Å². The second-order valence-corrected chi connectivity index (χ2v) is 5.63. The Kier molecular flexibility index (Phi) is 4.61. The Morgan fingerprint density at radius 3 is 2.88 bits per heavy atom. The maximum Gasteiger partial charge on any atom is 0.335 e. The number of aromatic carboxylic acids is 1. The second-order valence-electron chi connectivity index (χ2n) is 5.63. The van der Waals surface area contributed by atoms with Gasteiger partial charge in [0.2, 0.25) is 0 Å². The van der Waals surface area contributed by atoms with Crippen molar-refractivity contribution in [2.45, 2.75) is 19.6 Å². The highest BCUT2D eigenvalue weighted by Crippen LogP contribution is 2.23. The number of nitrogens with zero attached hydrogens (tertiary/aromatic N) is 3. The predicted molar refractivity (Wildman–Crippen MR) is 85.9 cm³/mol. The minimum Gasteiger partial charge on any atom is -0.478 e. The molecule has 1 aromatic carbocycles. The summed E-state index contributed by atoms with van der Waals surface area (Å²) in [6.07, 6.45) is 3.46. The van der Waals surface area contributed by atoms with Gasteiger partial charge in [-0.25, -0.2) is 4.79 Å². The largest absolute Gasteiger partial charge is 0.478 e. The number of hydrogen-bond acceptors (Lipinski definition) is 4. The fourth-order valence-electron chi connectivity index (χ4n) is 2.72. The first-order valence-corrected chi connectivity index (χ1v) is 7.85. The normalized spacial score (nSPS) is 17.7. The van der Waals surface area contributed by atoms with Crippen molar-refractivity contribution in [1.29, 1.82) is 0 Å². The Morgan fingerprint density at radius 1 is 1.38 bits per heavy atom. The highest BCUT2D eigenvalue weighted by Gasteiger charge is 2.27. The van der Waals surface area contributed by atoms with Gasteiger partial charge in [0, 0.05) is 30.4 Å². The molecule has 1 unspecified atom stereocenters. The van der Waals surface area contributed by atoms with Gasteiger partial charge in [0.25, 0.3) is 5.91 Å². The molecule has 0 radical (unpaired) electrons. The van der Waals surface area contributed by atoms with Crippen LogP contribution in [0.25, 0.3) is 0 Å². The van der Waals surface area contributed by atoms with Gasteiger partial charge in [-0.2, -0.15) is 5.10 Å². The van der Waals surface area contributed by atoms with Crippen molar-refractivity contribution in [1.82, 2.24) is 14.7 Å². The fraction of sp³-hybridized carbons (Fsp3) is 0.353. The van der Waals surface area contributed by atoms with Crippen molar-refractivity contribution >= 4 is 11.9 Å². The summed E-state index contributed by atoms with van der Waals surface area (Å²) >= 11 is 0. The highest BCUT2D eigenvalue weighted by molar-refractivity contribution is 5.97. The quantitative estimate of drug-likeness (QED) is 0.925. The van der Waals surface area contributed by atoms with E-state index in [1.54, 1.807) is 23.2 Å². The highest BCUT2D eigenvalue weighted by atomic mass is 16.5. The zero-order valence-electron chi connectivity index (χ0n) is 13.4. The topological polar surface area (TPSA) is 84.7 Å². The third kappa shape index (κ3) is 3.30. The average Bonchev–Trinajstić information content (AvgIpc) is 3.10. The maximum absolute atomic E-state index is 12.7. The molecule has 1 aromatic heterocycles. The number of carbonyl (C=O) groups excluding carboxylic acids is 1. The first-order valence-electron chi connectivity index (χ1n) is 7.85. The van der Waals surface area contributed by atoms with Crippen LogP contribution in [0.15, 0.2) is 36.7 Å². The van der Waals surface area contributed by atoms with Crippen molar-refractivity contribution in [3.8, 4) is 0 Å².